The van der Waals surface area contributed by atoms with Crippen LogP contribution in [-0.4, -0.2) is 22.0 Å². The van der Waals surface area contributed by atoms with Gasteiger partial charge in [-0.1, -0.05) is 48.5 Å². The van der Waals surface area contributed by atoms with Crippen molar-refractivity contribution >= 4 is 22.6 Å². The first-order chi connectivity index (χ1) is 12.6. The molecule has 0 atom stereocenters. The molecule has 3 aromatic rings. The number of nitrogens with zero attached hydrogens (tertiary/aromatic N) is 1. The zero-order valence-electron chi connectivity index (χ0n) is 13.8. The van der Waals surface area contributed by atoms with Gasteiger partial charge in [0.25, 0.3) is 11.5 Å². The third-order valence-electron chi connectivity index (χ3n) is 4.71. The molecular formula is C19H16N4O3. The lowest BCUT2D eigenvalue weighted by Crippen LogP contribution is -2.47. The Kier molecular flexibility index (Phi) is 3.76. The standard InChI is InChI=1S/C19H16N4O3/c24-16-14-9-5-4-8-13(14)15(20-21-16)17(25)22-23-18(26)19(10-11-19)12-6-2-1-3-7-12/h1-9H,10-11H2,(H,21,24)(H,22,25)(H,23,26). The molecule has 7 heteroatoms. The number of hydrogen-bond acceptors (Lipinski definition) is 4. The average Bonchev–Trinajstić information content (AvgIpc) is 3.49. The summed E-state index contributed by atoms with van der Waals surface area (Å²) in [6.07, 6.45) is 1.47. The number of hydrazine groups is 1. The fourth-order valence-corrected chi connectivity index (χ4v) is 3.11. The molecule has 1 aliphatic carbocycles. The molecule has 3 N–H and O–H groups in total. The lowest BCUT2D eigenvalue weighted by molar-refractivity contribution is -0.124. The van der Waals surface area contributed by atoms with E-state index < -0.39 is 11.3 Å². The normalized spacial score (nSPS) is 14.6. The first kappa shape index (κ1) is 16.0. The third-order valence-corrected chi connectivity index (χ3v) is 4.71. The Bertz CT molecular complexity index is 1060. The van der Waals surface area contributed by atoms with E-state index in [4.69, 9.17) is 0 Å². The zero-order valence-corrected chi connectivity index (χ0v) is 13.8. The molecule has 0 unspecified atom stereocenters. The molecule has 1 saturated carbocycles. The molecule has 0 spiro atoms. The Labute approximate surface area is 148 Å². The first-order valence-electron chi connectivity index (χ1n) is 8.25. The van der Waals surface area contributed by atoms with Gasteiger partial charge in [0.15, 0.2) is 5.69 Å². The summed E-state index contributed by atoms with van der Waals surface area (Å²) < 4.78 is 0. The van der Waals surface area contributed by atoms with Crippen molar-refractivity contribution < 1.29 is 9.59 Å². The van der Waals surface area contributed by atoms with Gasteiger partial charge in [0, 0.05) is 5.39 Å². The molecule has 0 aliphatic heterocycles. The van der Waals surface area contributed by atoms with Gasteiger partial charge in [-0.15, -0.1) is 0 Å². The number of benzene rings is 2. The SMILES string of the molecule is O=C(NNC(=O)C1(c2ccccc2)CC1)c1n[nH]c(=O)c2ccccc12. The van der Waals surface area contributed by atoms with Crippen molar-refractivity contribution in [2.24, 2.45) is 0 Å². The van der Waals surface area contributed by atoms with E-state index in [0.29, 0.717) is 10.8 Å². The largest absolute Gasteiger partial charge is 0.290 e. The van der Waals surface area contributed by atoms with Crippen LogP contribution in [-0.2, 0) is 10.2 Å². The van der Waals surface area contributed by atoms with Crippen molar-refractivity contribution in [3.63, 3.8) is 0 Å². The van der Waals surface area contributed by atoms with E-state index in [2.05, 4.69) is 21.0 Å². The minimum Gasteiger partial charge on any atom is -0.272 e. The van der Waals surface area contributed by atoms with Crippen LogP contribution in [0.4, 0.5) is 0 Å². The van der Waals surface area contributed by atoms with E-state index in [1.54, 1.807) is 24.3 Å². The molecule has 0 bridgehead atoms. The highest BCUT2D eigenvalue weighted by atomic mass is 16.2. The summed E-state index contributed by atoms with van der Waals surface area (Å²) in [4.78, 5) is 36.8. The molecule has 2 amide bonds. The van der Waals surface area contributed by atoms with E-state index in [-0.39, 0.29) is 17.2 Å². The Morgan fingerprint density at radius 2 is 1.58 bits per heavy atom. The maximum atomic E-state index is 12.6. The van der Waals surface area contributed by atoms with E-state index >= 15 is 0 Å². The van der Waals surface area contributed by atoms with Gasteiger partial charge in [0.1, 0.15) is 0 Å². The van der Waals surface area contributed by atoms with Crippen LogP contribution in [0, 0.1) is 0 Å². The summed E-state index contributed by atoms with van der Waals surface area (Å²) in [5.74, 6) is -0.847. The lowest BCUT2D eigenvalue weighted by atomic mass is 9.95. The molecule has 4 rings (SSSR count). The smallest absolute Gasteiger partial charge is 0.272 e. The maximum absolute atomic E-state index is 12.6. The number of carbonyl (C=O) groups is 2. The van der Waals surface area contributed by atoms with Crippen LogP contribution in [0.1, 0.15) is 28.9 Å². The summed E-state index contributed by atoms with van der Waals surface area (Å²) >= 11 is 0. The first-order valence-corrected chi connectivity index (χ1v) is 8.25. The predicted octanol–water partition coefficient (Wildman–Crippen LogP) is 1.42. The number of amides is 2. The fraction of sp³-hybridized carbons (Fsp3) is 0.158. The third kappa shape index (κ3) is 2.63. The molecule has 1 aromatic heterocycles. The lowest BCUT2D eigenvalue weighted by Gasteiger charge is -2.16. The van der Waals surface area contributed by atoms with Crippen LogP contribution in [0.2, 0.25) is 0 Å². The van der Waals surface area contributed by atoms with E-state index in [1.165, 1.54) is 0 Å². The van der Waals surface area contributed by atoms with Crippen LogP contribution in [0.5, 0.6) is 0 Å². The highest BCUT2D eigenvalue weighted by molar-refractivity contribution is 6.05. The van der Waals surface area contributed by atoms with Crippen molar-refractivity contribution in [1.82, 2.24) is 21.0 Å². The van der Waals surface area contributed by atoms with Gasteiger partial charge in [-0.05, 0) is 24.5 Å². The van der Waals surface area contributed by atoms with Gasteiger partial charge >= 0.3 is 0 Å². The number of aromatic nitrogens is 2. The Morgan fingerprint density at radius 3 is 2.27 bits per heavy atom. The highest BCUT2D eigenvalue weighted by Crippen LogP contribution is 2.48. The predicted molar refractivity (Wildman–Crippen MR) is 95.3 cm³/mol. The van der Waals surface area contributed by atoms with Crippen molar-refractivity contribution in [3.8, 4) is 0 Å². The highest BCUT2D eigenvalue weighted by Gasteiger charge is 2.51. The molecule has 26 heavy (non-hydrogen) atoms. The van der Waals surface area contributed by atoms with Crippen LogP contribution >= 0.6 is 0 Å². The topological polar surface area (TPSA) is 104 Å². The number of rotatable bonds is 3. The van der Waals surface area contributed by atoms with Gasteiger partial charge in [0.05, 0.1) is 10.8 Å². The Balaban J connectivity index is 1.53. The summed E-state index contributed by atoms with van der Waals surface area (Å²) in [5, 5.41) is 6.91. The molecule has 0 radical (unpaired) electrons. The van der Waals surface area contributed by atoms with Crippen LogP contribution in [0.15, 0.2) is 59.4 Å². The van der Waals surface area contributed by atoms with Crippen molar-refractivity contribution in [3.05, 3.63) is 76.2 Å². The monoisotopic (exact) mass is 348 g/mol. The van der Waals surface area contributed by atoms with Crippen molar-refractivity contribution in [2.75, 3.05) is 0 Å². The van der Waals surface area contributed by atoms with E-state index in [9.17, 15) is 14.4 Å². The molecule has 7 nitrogen and oxygen atoms in total. The Hall–Kier alpha value is -3.48. The van der Waals surface area contributed by atoms with Gasteiger partial charge in [-0.3, -0.25) is 25.2 Å². The van der Waals surface area contributed by atoms with Gasteiger partial charge in [-0.25, -0.2) is 5.10 Å². The van der Waals surface area contributed by atoms with Crippen LogP contribution in [0.25, 0.3) is 10.8 Å². The van der Waals surface area contributed by atoms with Crippen LogP contribution < -0.4 is 16.4 Å². The molecule has 130 valence electrons. The molecular weight excluding hydrogens is 332 g/mol. The van der Waals surface area contributed by atoms with Crippen molar-refractivity contribution in [2.45, 2.75) is 18.3 Å². The second-order valence-corrected chi connectivity index (χ2v) is 6.30. The summed E-state index contributed by atoms with van der Waals surface area (Å²) in [5.41, 5.74) is 4.91. The maximum Gasteiger partial charge on any atom is 0.290 e. The molecule has 1 aliphatic rings. The van der Waals surface area contributed by atoms with E-state index in [1.807, 2.05) is 30.3 Å². The second-order valence-electron chi connectivity index (χ2n) is 6.30. The minimum absolute atomic E-state index is 0.0464. The second kappa shape index (κ2) is 6.11. The molecule has 1 heterocycles. The number of nitrogens with one attached hydrogen (secondary N) is 3. The van der Waals surface area contributed by atoms with Crippen molar-refractivity contribution in [1.29, 1.82) is 0 Å². The number of hydrogen-bond donors (Lipinski definition) is 3. The average molecular weight is 348 g/mol. The number of aromatic amines is 1. The zero-order chi connectivity index (χ0) is 18.1. The summed E-state index contributed by atoms with van der Waals surface area (Å²) in [6.45, 7) is 0. The number of carbonyl (C=O) groups excluding carboxylic acids is 2. The van der Waals surface area contributed by atoms with E-state index in [0.717, 1.165) is 18.4 Å². The molecule has 1 fully saturated rings. The molecule has 2 aromatic carbocycles. The minimum atomic E-state index is -0.588. The molecule has 0 saturated heterocycles. The fourth-order valence-electron chi connectivity index (χ4n) is 3.11. The summed E-state index contributed by atoms with van der Waals surface area (Å²) in [7, 11) is 0. The Morgan fingerprint density at radius 1 is 0.923 bits per heavy atom. The van der Waals surface area contributed by atoms with Crippen LogP contribution in [0.3, 0.4) is 0 Å². The number of fused-ring (bicyclic) bond motifs is 1. The van der Waals surface area contributed by atoms with Gasteiger partial charge in [0.2, 0.25) is 5.91 Å². The number of H-pyrrole nitrogens is 1. The summed E-state index contributed by atoms with van der Waals surface area (Å²) in [6, 6.07) is 16.2. The van der Waals surface area contributed by atoms with Gasteiger partial charge in [-0.2, -0.15) is 5.10 Å². The quantitative estimate of drug-likeness (QED) is 0.623. The van der Waals surface area contributed by atoms with Gasteiger partial charge < -0.3 is 0 Å².